The van der Waals surface area contributed by atoms with Gasteiger partial charge >= 0.3 is 0 Å². The van der Waals surface area contributed by atoms with Crippen LogP contribution >= 0.6 is 11.3 Å². The molecule has 1 aromatic heterocycles. The molecule has 1 aromatic rings. The van der Waals surface area contributed by atoms with Gasteiger partial charge in [-0.05, 0) is 71.7 Å². The van der Waals surface area contributed by atoms with Gasteiger partial charge in [0.2, 0.25) is 5.91 Å². The minimum Gasteiger partial charge on any atom is -0.317 e. The lowest BCUT2D eigenvalue weighted by atomic mass is 9.96. The molecule has 1 fully saturated rings. The number of carbonyl (C=O) groups is 1. The third kappa shape index (κ3) is 4.28. The van der Waals surface area contributed by atoms with Crippen molar-refractivity contribution in [2.24, 2.45) is 0 Å². The molecular weight excluding hydrogens is 344 g/mol. The van der Waals surface area contributed by atoms with Crippen molar-refractivity contribution in [2.45, 2.75) is 64.0 Å². The highest BCUT2D eigenvalue weighted by molar-refractivity contribution is 7.16. The van der Waals surface area contributed by atoms with E-state index in [4.69, 9.17) is 0 Å². The summed E-state index contributed by atoms with van der Waals surface area (Å²) >= 11 is 1.60. The molecule has 2 heterocycles. The summed E-state index contributed by atoms with van der Waals surface area (Å²) in [6, 6.07) is 3.47. The van der Waals surface area contributed by atoms with E-state index >= 15 is 0 Å². The summed E-state index contributed by atoms with van der Waals surface area (Å²) in [6.45, 7) is 4.16. The molecule has 0 radical (unpaired) electrons. The van der Waals surface area contributed by atoms with Crippen LogP contribution in [0, 0.1) is 11.3 Å². The molecule has 1 aliphatic carbocycles. The molecule has 2 unspecified atom stereocenters. The van der Waals surface area contributed by atoms with E-state index in [1.165, 1.54) is 16.9 Å². The molecule has 1 saturated heterocycles. The number of nitriles is 1. The molecule has 6 heteroatoms. The van der Waals surface area contributed by atoms with Gasteiger partial charge in [0, 0.05) is 29.9 Å². The molecule has 0 bridgehead atoms. The number of nitrogens with one attached hydrogen (secondary N) is 1. The van der Waals surface area contributed by atoms with Gasteiger partial charge in [-0.3, -0.25) is 4.79 Å². The normalized spacial score (nSPS) is 23.5. The van der Waals surface area contributed by atoms with Gasteiger partial charge in [0.1, 0.15) is 11.1 Å². The number of amides is 1. The Morgan fingerprint density at radius 2 is 2.19 bits per heavy atom. The second-order valence-corrected chi connectivity index (χ2v) is 8.92. The lowest BCUT2D eigenvalue weighted by Gasteiger charge is -2.39. The number of hydrogen-bond donors (Lipinski definition) is 1. The Hall–Kier alpha value is -1.42. The summed E-state index contributed by atoms with van der Waals surface area (Å²) in [5.74, 6) is 0.0212. The van der Waals surface area contributed by atoms with Crippen molar-refractivity contribution in [3.05, 3.63) is 16.0 Å². The van der Waals surface area contributed by atoms with E-state index in [2.05, 4.69) is 42.2 Å². The second kappa shape index (κ2) is 8.51. The average Bonchev–Trinajstić information content (AvgIpc) is 2.98. The maximum absolute atomic E-state index is 12.4. The average molecular weight is 375 g/mol. The van der Waals surface area contributed by atoms with Gasteiger partial charge in [-0.25, -0.2) is 0 Å². The maximum Gasteiger partial charge on any atom is 0.226 e. The maximum atomic E-state index is 12.4. The van der Waals surface area contributed by atoms with Crippen LogP contribution in [0.4, 0.5) is 5.00 Å². The van der Waals surface area contributed by atoms with Crippen LogP contribution in [-0.2, 0) is 17.6 Å². The van der Waals surface area contributed by atoms with Gasteiger partial charge in [0.05, 0.1) is 5.56 Å². The third-order valence-electron chi connectivity index (χ3n) is 6.03. The molecule has 1 aliphatic heterocycles. The first-order valence-electron chi connectivity index (χ1n) is 9.74. The van der Waals surface area contributed by atoms with Gasteiger partial charge in [0.15, 0.2) is 0 Å². The van der Waals surface area contributed by atoms with E-state index < -0.39 is 0 Å². The van der Waals surface area contributed by atoms with Gasteiger partial charge in [-0.1, -0.05) is 0 Å². The number of anilines is 1. The summed E-state index contributed by atoms with van der Waals surface area (Å²) in [6.07, 6.45) is 7.14. The standard InChI is InChI=1S/C20H30N4OS/c1-14-12-15(8-10-23(14)2)24(3)11-9-19(25)22-20-17(13-21)16-6-4-5-7-18(16)26-20/h14-15H,4-12H2,1-3H3,(H,22,25). The van der Waals surface area contributed by atoms with Crippen molar-refractivity contribution >= 4 is 22.2 Å². The van der Waals surface area contributed by atoms with Crippen molar-refractivity contribution in [3.8, 4) is 6.07 Å². The first-order valence-corrected chi connectivity index (χ1v) is 10.6. The third-order valence-corrected chi connectivity index (χ3v) is 7.24. The quantitative estimate of drug-likeness (QED) is 0.859. The fourth-order valence-electron chi connectivity index (χ4n) is 4.09. The topological polar surface area (TPSA) is 59.4 Å². The van der Waals surface area contributed by atoms with Crippen LogP contribution in [0.5, 0.6) is 0 Å². The molecular formula is C20H30N4OS. The molecule has 2 atom stereocenters. The van der Waals surface area contributed by atoms with E-state index in [0.717, 1.165) is 50.2 Å². The Morgan fingerprint density at radius 1 is 1.42 bits per heavy atom. The van der Waals surface area contributed by atoms with E-state index in [1.807, 2.05) is 0 Å². The zero-order valence-corrected chi connectivity index (χ0v) is 17.0. The number of likely N-dealkylation sites (tertiary alicyclic amines) is 1. The Bertz CT molecular complexity index is 693. The minimum atomic E-state index is 0.0212. The molecule has 0 aromatic carbocycles. The summed E-state index contributed by atoms with van der Waals surface area (Å²) in [5, 5.41) is 13.3. The lowest BCUT2D eigenvalue weighted by Crippen LogP contribution is -2.46. The van der Waals surface area contributed by atoms with Crippen molar-refractivity contribution in [1.29, 1.82) is 5.26 Å². The second-order valence-electron chi connectivity index (χ2n) is 7.81. The SMILES string of the molecule is CC1CC(N(C)CCC(=O)Nc2sc3c(c2C#N)CCCC3)CCN1C. The van der Waals surface area contributed by atoms with Crippen LogP contribution in [0.3, 0.4) is 0 Å². The van der Waals surface area contributed by atoms with Crippen molar-refractivity contribution in [3.63, 3.8) is 0 Å². The largest absolute Gasteiger partial charge is 0.317 e. The highest BCUT2D eigenvalue weighted by atomic mass is 32.1. The fraction of sp³-hybridized carbons (Fsp3) is 0.700. The van der Waals surface area contributed by atoms with E-state index in [-0.39, 0.29) is 5.91 Å². The number of rotatable bonds is 5. The van der Waals surface area contributed by atoms with E-state index in [1.54, 1.807) is 11.3 Å². The predicted octanol–water partition coefficient (Wildman–Crippen LogP) is 3.24. The number of hydrogen-bond acceptors (Lipinski definition) is 5. The highest BCUT2D eigenvalue weighted by Gasteiger charge is 2.26. The van der Waals surface area contributed by atoms with Gasteiger partial charge in [0.25, 0.3) is 0 Å². The Labute approximate surface area is 161 Å². The number of nitrogens with zero attached hydrogens (tertiary/aromatic N) is 3. The molecule has 1 N–H and O–H groups in total. The Balaban J connectivity index is 1.53. The molecule has 0 saturated carbocycles. The molecule has 142 valence electrons. The summed E-state index contributed by atoms with van der Waals surface area (Å²) in [5.41, 5.74) is 1.88. The first-order chi connectivity index (χ1) is 12.5. The highest BCUT2D eigenvalue weighted by Crippen LogP contribution is 2.37. The zero-order valence-electron chi connectivity index (χ0n) is 16.2. The van der Waals surface area contributed by atoms with Crippen LogP contribution in [0.2, 0.25) is 0 Å². The van der Waals surface area contributed by atoms with Gasteiger partial charge in [-0.2, -0.15) is 5.26 Å². The van der Waals surface area contributed by atoms with Crippen LogP contribution < -0.4 is 5.32 Å². The van der Waals surface area contributed by atoms with Crippen molar-refractivity contribution in [1.82, 2.24) is 9.80 Å². The van der Waals surface area contributed by atoms with Crippen LogP contribution in [-0.4, -0.2) is 55.0 Å². The first kappa shape index (κ1) is 19.3. The number of piperidine rings is 1. The summed E-state index contributed by atoms with van der Waals surface area (Å²) in [7, 11) is 4.31. The Kier molecular flexibility index (Phi) is 6.33. The molecule has 2 aliphatic rings. The number of carbonyl (C=O) groups excluding carboxylic acids is 1. The van der Waals surface area contributed by atoms with Crippen LogP contribution in [0.15, 0.2) is 0 Å². The lowest BCUT2D eigenvalue weighted by molar-refractivity contribution is -0.116. The van der Waals surface area contributed by atoms with E-state index in [9.17, 15) is 10.1 Å². The van der Waals surface area contributed by atoms with Gasteiger partial charge in [-0.15, -0.1) is 11.3 Å². The summed E-state index contributed by atoms with van der Waals surface area (Å²) in [4.78, 5) is 18.5. The molecule has 0 spiro atoms. The summed E-state index contributed by atoms with van der Waals surface area (Å²) < 4.78 is 0. The molecule has 26 heavy (non-hydrogen) atoms. The van der Waals surface area contributed by atoms with Crippen molar-refractivity contribution < 1.29 is 4.79 Å². The smallest absolute Gasteiger partial charge is 0.226 e. The number of aryl methyl sites for hydroxylation is 1. The molecule has 5 nitrogen and oxygen atoms in total. The minimum absolute atomic E-state index is 0.0212. The number of thiophene rings is 1. The fourth-order valence-corrected chi connectivity index (χ4v) is 5.34. The molecule has 3 rings (SSSR count). The monoisotopic (exact) mass is 374 g/mol. The molecule has 1 amide bonds. The predicted molar refractivity (Wildman–Crippen MR) is 107 cm³/mol. The van der Waals surface area contributed by atoms with Gasteiger partial charge < -0.3 is 15.1 Å². The zero-order chi connectivity index (χ0) is 18.7. The van der Waals surface area contributed by atoms with E-state index in [0.29, 0.717) is 24.1 Å². The van der Waals surface area contributed by atoms with Crippen molar-refractivity contribution in [2.75, 3.05) is 32.5 Å². The van der Waals surface area contributed by atoms with Crippen LogP contribution in [0.1, 0.15) is 55.0 Å². The van der Waals surface area contributed by atoms with Crippen LogP contribution in [0.25, 0.3) is 0 Å². The number of fused-ring (bicyclic) bond motifs is 1. The Morgan fingerprint density at radius 3 is 2.92 bits per heavy atom.